The Balaban J connectivity index is 1.69. The summed E-state index contributed by atoms with van der Waals surface area (Å²) >= 11 is 1.43. The number of thiophene rings is 1. The summed E-state index contributed by atoms with van der Waals surface area (Å²) in [4.78, 5) is 46.0. The molecule has 34 heavy (non-hydrogen) atoms. The summed E-state index contributed by atoms with van der Waals surface area (Å²) < 4.78 is 10.2. The minimum atomic E-state index is -0.720. The molecule has 0 aliphatic carbocycles. The van der Waals surface area contributed by atoms with Crippen molar-refractivity contribution in [2.75, 3.05) is 46.5 Å². The second-order valence-electron chi connectivity index (χ2n) is 8.43. The molecule has 0 unspecified atom stereocenters. The number of H-pyrrole nitrogens is 1. The van der Waals surface area contributed by atoms with Crippen molar-refractivity contribution in [3.8, 4) is 0 Å². The van der Waals surface area contributed by atoms with Gasteiger partial charge in [-0.05, 0) is 37.3 Å². The number of esters is 1. The fourth-order valence-corrected chi connectivity index (χ4v) is 5.53. The Morgan fingerprint density at radius 3 is 2.65 bits per heavy atom. The lowest BCUT2D eigenvalue weighted by molar-refractivity contribution is -0.140. The molecule has 0 radical (unpaired) electrons. The highest BCUT2D eigenvalue weighted by molar-refractivity contribution is 7.10. The molecule has 2 saturated heterocycles. The molecule has 2 aromatic heterocycles. The van der Waals surface area contributed by atoms with E-state index in [9.17, 15) is 19.5 Å². The number of aliphatic hydroxyl groups is 1. The lowest BCUT2D eigenvalue weighted by Crippen LogP contribution is -2.38. The molecule has 182 valence electrons. The number of nitrogens with one attached hydrogen (secondary N) is 1. The van der Waals surface area contributed by atoms with E-state index >= 15 is 0 Å². The van der Waals surface area contributed by atoms with E-state index in [0.717, 1.165) is 24.5 Å². The van der Waals surface area contributed by atoms with Crippen LogP contribution in [0.3, 0.4) is 0 Å². The van der Waals surface area contributed by atoms with Crippen LogP contribution >= 0.6 is 11.3 Å². The molecule has 2 N–H and O–H groups in total. The van der Waals surface area contributed by atoms with E-state index in [1.807, 2.05) is 17.5 Å². The highest BCUT2D eigenvalue weighted by Crippen LogP contribution is 2.42. The third kappa shape index (κ3) is 4.40. The zero-order valence-electron chi connectivity index (χ0n) is 19.6. The van der Waals surface area contributed by atoms with E-state index in [1.54, 1.807) is 18.7 Å². The van der Waals surface area contributed by atoms with Gasteiger partial charge in [0.15, 0.2) is 0 Å². The number of aliphatic hydroxyl groups excluding tert-OH is 1. The molecular formula is C24H29N3O6S. The lowest BCUT2D eigenvalue weighted by Gasteiger charge is -2.28. The quantitative estimate of drug-likeness (QED) is 0.267. The summed E-state index contributed by atoms with van der Waals surface area (Å²) in [6, 6.07) is 3.04. The van der Waals surface area contributed by atoms with E-state index in [4.69, 9.17) is 9.47 Å². The SMILES string of the molecule is COC(=O)c1[nH]c(C)c(C(O)=C2C(=O)C(=O)N(CCCN3CCOCC3)[C@H]2c2cccs2)c1C. The number of hydrogen-bond donors (Lipinski definition) is 2. The molecule has 0 aromatic carbocycles. The minimum Gasteiger partial charge on any atom is -0.507 e. The van der Waals surface area contributed by atoms with Gasteiger partial charge in [0.05, 0.1) is 31.9 Å². The van der Waals surface area contributed by atoms with Gasteiger partial charge in [0.25, 0.3) is 11.7 Å². The Labute approximate surface area is 202 Å². The van der Waals surface area contributed by atoms with Gasteiger partial charge in [-0.2, -0.15) is 0 Å². The maximum absolute atomic E-state index is 13.2. The first-order valence-electron chi connectivity index (χ1n) is 11.2. The second kappa shape index (κ2) is 10.1. The first-order valence-corrected chi connectivity index (χ1v) is 12.1. The van der Waals surface area contributed by atoms with Crippen LogP contribution < -0.4 is 0 Å². The van der Waals surface area contributed by atoms with E-state index in [1.165, 1.54) is 18.4 Å². The Kier molecular flexibility index (Phi) is 7.20. The summed E-state index contributed by atoms with van der Waals surface area (Å²) in [6.45, 7) is 7.65. The van der Waals surface area contributed by atoms with E-state index in [-0.39, 0.29) is 17.0 Å². The maximum atomic E-state index is 13.2. The number of nitrogens with zero attached hydrogens (tertiary/aromatic N) is 2. The molecule has 2 aliphatic rings. The van der Waals surface area contributed by atoms with Crippen LogP contribution in [0.2, 0.25) is 0 Å². The minimum absolute atomic E-state index is 0.0421. The number of ketones is 1. The van der Waals surface area contributed by atoms with Gasteiger partial charge in [-0.1, -0.05) is 6.07 Å². The summed E-state index contributed by atoms with van der Waals surface area (Å²) in [5.41, 5.74) is 1.56. The normalized spacial score (nSPS) is 20.8. The van der Waals surface area contributed by atoms with E-state index in [2.05, 4.69) is 9.88 Å². The van der Waals surface area contributed by atoms with Crippen LogP contribution in [-0.4, -0.2) is 84.1 Å². The van der Waals surface area contributed by atoms with Crippen molar-refractivity contribution in [3.63, 3.8) is 0 Å². The van der Waals surface area contributed by atoms with Crippen LogP contribution in [0.5, 0.6) is 0 Å². The number of carbonyl (C=O) groups excluding carboxylic acids is 3. The molecule has 9 nitrogen and oxygen atoms in total. The number of methoxy groups -OCH3 is 1. The van der Waals surface area contributed by atoms with Crippen LogP contribution in [0.1, 0.15) is 44.6 Å². The average Bonchev–Trinajstić information content (AvgIpc) is 3.53. The Morgan fingerprint density at radius 2 is 2.00 bits per heavy atom. The van der Waals surface area contributed by atoms with Crippen LogP contribution in [0.15, 0.2) is 23.1 Å². The number of aromatic amines is 1. The summed E-state index contributed by atoms with van der Waals surface area (Å²) in [5.74, 6) is -2.20. The monoisotopic (exact) mass is 487 g/mol. The number of ether oxygens (including phenoxy) is 2. The standard InChI is InChI=1S/C24H29N3O6S/c1-14-17(15(2)25-19(14)24(31)32-3)21(28)18-20(16-6-4-13-34-16)27(23(30)22(18)29)8-5-7-26-9-11-33-12-10-26/h4,6,13,20,25,28H,5,7-12H2,1-3H3/t20-/m0/s1. The molecule has 0 saturated carbocycles. The van der Waals surface area contributed by atoms with Gasteiger partial charge in [0.1, 0.15) is 11.5 Å². The predicted octanol–water partition coefficient (Wildman–Crippen LogP) is 2.62. The molecular weight excluding hydrogens is 458 g/mol. The van der Waals surface area contributed by atoms with E-state index in [0.29, 0.717) is 43.0 Å². The van der Waals surface area contributed by atoms with Crippen molar-refractivity contribution in [1.82, 2.24) is 14.8 Å². The average molecular weight is 488 g/mol. The molecule has 1 amide bonds. The van der Waals surface area contributed by atoms with Gasteiger partial charge in [-0.15, -0.1) is 11.3 Å². The molecule has 1 atom stereocenters. The molecule has 4 heterocycles. The molecule has 0 bridgehead atoms. The van der Waals surface area contributed by atoms with Crippen molar-refractivity contribution < 1.29 is 29.0 Å². The second-order valence-corrected chi connectivity index (χ2v) is 9.41. The highest BCUT2D eigenvalue weighted by atomic mass is 32.1. The smallest absolute Gasteiger partial charge is 0.354 e. The number of Topliss-reactive ketones (excluding diaryl/α,β-unsaturated/α-hetero) is 1. The fourth-order valence-electron chi connectivity index (χ4n) is 4.69. The summed E-state index contributed by atoms with van der Waals surface area (Å²) in [6.07, 6.45) is 0.698. The number of hydrogen-bond acceptors (Lipinski definition) is 8. The number of amides is 1. The first kappa shape index (κ1) is 24.2. The maximum Gasteiger partial charge on any atom is 0.354 e. The molecule has 2 aliphatic heterocycles. The number of aryl methyl sites for hydroxylation is 1. The Hall–Kier alpha value is -2.95. The van der Waals surface area contributed by atoms with Crippen LogP contribution in [-0.2, 0) is 19.1 Å². The van der Waals surface area contributed by atoms with Crippen molar-refractivity contribution in [2.45, 2.75) is 26.3 Å². The van der Waals surface area contributed by atoms with Crippen LogP contribution in [0, 0.1) is 13.8 Å². The molecule has 2 aromatic rings. The number of aromatic nitrogens is 1. The number of likely N-dealkylation sites (tertiary alicyclic amines) is 1. The largest absolute Gasteiger partial charge is 0.507 e. The molecule has 2 fully saturated rings. The van der Waals surface area contributed by atoms with Crippen molar-refractivity contribution in [1.29, 1.82) is 0 Å². The predicted molar refractivity (Wildman–Crippen MR) is 127 cm³/mol. The van der Waals surface area contributed by atoms with Crippen LogP contribution in [0.4, 0.5) is 0 Å². The van der Waals surface area contributed by atoms with Crippen LogP contribution in [0.25, 0.3) is 5.76 Å². The van der Waals surface area contributed by atoms with Gasteiger partial charge in [-0.25, -0.2) is 4.79 Å². The molecule has 10 heteroatoms. The Bertz CT molecular complexity index is 1110. The highest BCUT2D eigenvalue weighted by Gasteiger charge is 2.46. The lowest BCUT2D eigenvalue weighted by atomic mass is 9.97. The van der Waals surface area contributed by atoms with Crippen molar-refractivity contribution >= 4 is 34.8 Å². The van der Waals surface area contributed by atoms with Gasteiger partial charge >= 0.3 is 5.97 Å². The van der Waals surface area contributed by atoms with E-state index < -0.39 is 23.7 Å². The third-order valence-electron chi connectivity index (χ3n) is 6.39. The van der Waals surface area contributed by atoms with Crippen molar-refractivity contribution in [3.05, 3.63) is 50.5 Å². The topological polar surface area (TPSA) is 112 Å². The fraction of sp³-hybridized carbons (Fsp3) is 0.458. The molecule has 4 rings (SSSR count). The van der Waals surface area contributed by atoms with Gasteiger partial charge in [-0.3, -0.25) is 14.5 Å². The number of rotatable bonds is 7. The zero-order valence-corrected chi connectivity index (χ0v) is 20.4. The van der Waals surface area contributed by atoms with Gasteiger partial charge in [0.2, 0.25) is 0 Å². The van der Waals surface area contributed by atoms with Gasteiger partial charge in [0, 0.05) is 42.3 Å². The van der Waals surface area contributed by atoms with Gasteiger partial charge < -0.3 is 24.5 Å². The number of carbonyl (C=O) groups is 3. The number of morpholine rings is 1. The first-order chi connectivity index (χ1) is 16.3. The van der Waals surface area contributed by atoms with Crippen molar-refractivity contribution in [2.24, 2.45) is 0 Å². The third-order valence-corrected chi connectivity index (χ3v) is 7.32. The Morgan fingerprint density at radius 1 is 1.26 bits per heavy atom. The summed E-state index contributed by atoms with van der Waals surface area (Å²) in [5, 5.41) is 13.2. The molecule has 0 spiro atoms. The summed E-state index contributed by atoms with van der Waals surface area (Å²) in [7, 11) is 1.27. The zero-order chi connectivity index (χ0) is 24.4.